The second-order valence-electron chi connectivity index (χ2n) is 9.24. The molecular formula is C22H41N3O7. The summed E-state index contributed by atoms with van der Waals surface area (Å²) >= 11 is 0. The largest absolute Gasteiger partial charge is 0.480 e. The van der Waals surface area contributed by atoms with Crippen molar-refractivity contribution in [3.05, 3.63) is 0 Å². The third-order valence-electron chi connectivity index (χ3n) is 5.44. The van der Waals surface area contributed by atoms with Gasteiger partial charge in [0.2, 0.25) is 5.91 Å². The summed E-state index contributed by atoms with van der Waals surface area (Å²) in [5.74, 6) is -1.66. The zero-order valence-electron chi connectivity index (χ0n) is 20.6. The van der Waals surface area contributed by atoms with Gasteiger partial charge >= 0.3 is 12.1 Å². The lowest BCUT2D eigenvalue weighted by molar-refractivity contribution is -0.157. The summed E-state index contributed by atoms with van der Waals surface area (Å²) in [7, 11) is 2.87. The Morgan fingerprint density at radius 3 is 2.19 bits per heavy atom. The summed E-state index contributed by atoms with van der Waals surface area (Å²) in [5, 5.41) is 9.72. The van der Waals surface area contributed by atoms with Gasteiger partial charge in [-0.15, -0.1) is 0 Å². The van der Waals surface area contributed by atoms with Crippen LogP contribution in [-0.4, -0.2) is 115 Å². The number of carboxylic acids is 1. The molecule has 186 valence electrons. The Bertz CT molecular complexity index is 617. The van der Waals surface area contributed by atoms with Crippen molar-refractivity contribution in [1.29, 1.82) is 0 Å². The minimum atomic E-state index is -1.17. The van der Waals surface area contributed by atoms with Gasteiger partial charge in [0.15, 0.2) is 6.04 Å². The summed E-state index contributed by atoms with van der Waals surface area (Å²) in [4.78, 5) is 41.7. The molecule has 0 aromatic heterocycles. The van der Waals surface area contributed by atoms with Gasteiger partial charge in [0.1, 0.15) is 11.6 Å². The van der Waals surface area contributed by atoms with Gasteiger partial charge in [-0.05, 0) is 54.0 Å². The molecule has 1 N–H and O–H groups in total. The second kappa shape index (κ2) is 13.0. The molecule has 0 radical (unpaired) electrons. The first-order chi connectivity index (χ1) is 14.8. The average Bonchev–Trinajstić information content (AvgIpc) is 2.71. The van der Waals surface area contributed by atoms with E-state index in [2.05, 4.69) is 4.90 Å². The van der Waals surface area contributed by atoms with E-state index in [0.717, 1.165) is 50.6 Å². The molecule has 1 rings (SSSR count). The number of nitrogens with zero attached hydrogens (tertiary/aromatic N) is 3. The Hall–Kier alpha value is -1.91. The summed E-state index contributed by atoms with van der Waals surface area (Å²) in [5.41, 5.74) is -0.701. The smallest absolute Gasteiger partial charge is 0.410 e. The van der Waals surface area contributed by atoms with Gasteiger partial charge in [-0.3, -0.25) is 14.6 Å². The molecule has 32 heavy (non-hydrogen) atoms. The minimum absolute atomic E-state index is 0.407. The van der Waals surface area contributed by atoms with E-state index in [-0.39, 0.29) is 0 Å². The van der Waals surface area contributed by atoms with Crippen LogP contribution in [0, 0.1) is 0 Å². The number of carbonyl (C=O) groups excluding carboxylic acids is 2. The molecule has 3 unspecified atom stereocenters. The predicted molar refractivity (Wildman–Crippen MR) is 120 cm³/mol. The normalized spacial score (nSPS) is 17.8. The number of carbonyl (C=O) groups is 3. The molecule has 0 saturated carbocycles. The molecule has 1 fully saturated rings. The Kier molecular flexibility index (Phi) is 11.4. The lowest BCUT2D eigenvalue weighted by Gasteiger charge is -2.34. The Morgan fingerprint density at radius 2 is 1.66 bits per heavy atom. The molecule has 0 aromatic rings. The van der Waals surface area contributed by atoms with E-state index in [1.54, 1.807) is 34.6 Å². The van der Waals surface area contributed by atoms with Crippen LogP contribution in [0.3, 0.4) is 0 Å². The number of ether oxygens (including phenoxy) is 3. The molecule has 0 aliphatic carbocycles. The first kappa shape index (κ1) is 28.1. The Labute approximate surface area is 191 Å². The van der Waals surface area contributed by atoms with Crippen LogP contribution < -0.4 is 0 Å². The molecule has 0 bridgehead atoms. The van der Waals surface area contributed by atoms with Crippen LogP contribution in [0.4, 0.5) is 4.79 Å². The van der Waals surface area contributed by atoms with Crippen molar-refractivity contribution in [3.63, 3.8) is 0 Å². The number of aliphatic carboxylic acids is 1. The highest BCUT2D eigenvalue weighted by molar-refractivity contribution is 5.89. The number of likely N-dealkylation sites (N-methyl/N-ethyl adjacent to an activating group) is 2. The first-order valence-corrected chi connectivity index (χ1v) is 11.2. The summed E-state index contributed by atoms with van der Waals surface area (Å²) < 4.78 is 16.4. The zero-order valence-corrected chi connectivity index (χ0v) is 20.6. The van der Waals surface area contributed by atoms with Gasteiger partial charge in [0, 0.05) is 33.8 Å². The van der Waals surface area contributed by atoms with E-state index in [0.29, 0.717) is 6.61 Å². The van der Waals surface area contributed by atoms with Gasteiger partial charge in [-0.2, -0.15) is 0 Å². The van der Waals surface area contributed by atoms with Crippen LogP contribution in [0.5, 0.6) is 0 Å². The van der Waals surface area contributed by atoms with Gasteiger partial charge in [0.05, 0.1) is 19.3 Å². The van der Waals surface area contributed by atoms with Crippen LogP contribution in [0.2, 0.25) is 0 Å². The molecule has 3 atom stereocenters. The average molecular weight is 460 g/mol. The van der Waals surface area contributed by atoms with Gasteiger partial charge in [-0.25, -0.2) is 9.59 Å². The Balaban J connectivity index is 2.57. The quantitative estimate of drug-likeness (QED) is 0.465. The highest BCUT2D eigenvalue weighted by Crippen LogP contribution is 2.15. The van der Waals surface area contributed by atoms with E-state index in [9.17, 15) is 19.5 Å². The fraction of sp³-hybridized carbons (Fsp3) is 0.864. The molecule has 1 heterocycles. The van der Waals surface area contributed by atoms with Gasteiger partial charge in [-0.1, -0.05) is 0 Å². The third kappa shape index (κ3) is 9.30. The lowest BCUT2D eigenvalue weighted by atomic mass is 10.1. The molecule has 0 aromatic carbocycles. The number of morpholine rings is 1. The van der Waals surface area contributed by atoms with Crippen LogP contribution >= 0.6 is 0 Å². The number of unbranched alkanes of at least 4 members (excludes halogenated alkanes) is 1. The highest BCUT2D eigenvalue weighted by Gasteiger charge is 2.37. The van der Waals surface area contributed by atoms with E-state index < -0.39 is 41.8 Å². The topological polar surface area (TPSA) is 109 Å². The number of hydrogen-bond acceptors (Lipinski definition) is 7. The molecule has 0 spiro atoms. The van der Waals surface area contributed by atoms with Crippen molar-refractivity contribution in [3.8, 4) is 0 Å². The monoisotopic (exact) mass is 459 g/mol. The Morgan fingerprint density at radius 1 is 1.06 bits per heavy atom. The summed E-state index contributed by atoms with van der Waals surface area (Å²) in [6, 6.07) is -2.06. The maximum absolute atomic E-state index is 12.9. The number of rotatable bonds is 11. The molecular weight excluding hydrogens is 418 g/mol. The molecule has 10 heteroatoms. The SMILES string of the molecule is CC(OCCCCN1CCOCC1)C(C(=O)O)N(C)C(=O)C(C)N(C)C(=O)OC(C)(C)C. The van der Waals surface area contributed by atoms with Crippen molar-refractivity contribution in [2.24, 2.45) is 0 Å². The van der Waals surface area contributed by atoms with E-state index in [1.165, 1.54) is 19.0 Å². The standard InChI is InChI=1S/C22H41N3O7/c1-16(23(6)21(29)32-22(3,4)5)19(26)24(7)18(20(27)28)17(2)31-13-9-8-10-25-11-14-30-15-12-25/h16-18H,8-15H2,1-7H3,(H,27,28). The van der Waals surface area contributed by atoms with Crippen molar-refractivity contribution in [2.45, 2.75) is 71.2 Å². The van der Waals surface area contributed by atoms with Crippen molar-refractivity contribution in [2.75, 3.05) is 53.6 Å². The molecule has 1 saturated heterocycles. The molecule has 10 nitrogen and oxygen atoms in total. The van der Waals surface area contributed by atoms with Crippen LogP contribution in [0.15, 0.2) is 0 Å². The highest BCUT2D eigenvalue weighted by atomic mass is 16.6. The fourth-order valence-electron chi connectivity index (χ4n) is 3.39. The lowest BCUT2D eigenvalue weighted by Crippen LogP contribution is -2.55. The van der Waals surface area contributed by atoms with Crippen molar-refractivity contribution < 1.29 is 33.7 Å². The van der Waals surface area contributed by atoms with Crippen LogP contribution in [-0.2, 0) is 23.8 Å². The second-order valence-corrected chi connectivity index (χ2v) is 9.24. The van der Waals surface area contributed by atoms with Crippen molar-refractivity contribution >= 4 is 18.0 Å². The van der Waals surface area contributed by atoms with E-state index in [4.69, 9.17) is 14.2 Å². The molecule has 2 amide bonds. The summed E-state index contributed by atoms with van der Waals surface area (Å²) in [6.45, 7) is 13.1. The molecule has 1 aliphatic heterocycles. The first-order valence-electron chi connectivity index (χ1n) is 11.2. The van der Waals surface area contributed by atoms with Crippen molar-refractivity contribution in [1.82, 2.24) is 14.7 Å². The zero-order chi connectivity index (χ0) is 24.5. The maximum Gasteiger partial charge on any atom is 0.410 e. The van der Waals surface area contributed by atoms with Gasteiger partial charge in [0.25, 0.3) is 0 Å². The van der Waals surface area contributed by atoms with Gasteiger partial charge < -0.3 is 24.2 Å². The van der Waals surface area contributed by atoms with E-state index >= 15 is 0 Å². The summed E-state index contributed by atoms with van der Waals surface area (Å²) in [6.07, 6.45) is 0.382. The number of hydrogen-bond donors (Lipinski definition) is 1. The van der Waals surface area contributed by atoms with Crippen LogP contribution in [0.1, 0.15) is 47.5 Å². The fourth-order valence-corrected chi connectivity index (χ4v) is 3.39. The maximum atomic E-state index is 12.9. The number of amides is 2. The third-order valence-corrected chi connectivity index (χ3v) is 5.44. The van der Waals surface area contributed by atoms with Crippen LogP contribution in [0.25, 0.3) is 0 Å². The molecule has 1 aliphatic rings. The predicted octanol–water partition coefficient (Wildman–Crippen LogP) is 1.67. The minimum Gasteiger partial charge on any atom is -0.480 e. The number of carboxylic acid groups (broad SMARTS) is 1. The van der Waals surface area contributed by atoms with E-state index in [1.807, 2.05) is 0 Å².